The Morgan fingerprint density at radius 1 is 0.600 bits per heavy atom. The summed E-state index contributed by atoms with van der Waals surface area (Å²) in [4.78, 5) is 11.4. The molecule has 0 spiro atoms. The average Bonchev–Trinajstić information content (AvgIpc) is 2.64. The zero-order chi connectivity index (χ0) is 17.4. The van der Waals surface area contributed by atoms with Gasteiger partial charge < -0.3 is 0 Å². The van der Waals surface area contributed by atoms with Gasteiger partial charge in [-0.1, -0.05) is 0 Å². The summed E-state index contributed by atoms with van der Waals surface area (Å²) in [6.45, 7) is 0. The summed E-state index contributed by atoms with van der Waals surface area (Å²) in [5, 5.41) is 0. The predicted octanol–water partition coefficient (Wildman–Crippen LogP) is 4.61. The van der Waals surface area contributed by atoms with Crippen molar-refractivity contribution in [3.05, 3.63) is 108 Å². The normalized spacial score (nSPS) is 10.9. The number of hydrogen-bond donors (Lipinski definition) is 0. The van der Waals surface area contributed by atoms with Gasteiger partial charge in [-0.05, 0) is 0 Å². The third kappa shape index (κ3) is 5.15. The van der Waals surface area contributed by atoms with Crippen molar-refractivity contribution in [1.82, 2.24) is 0 Å². The monoisotopic (exact) mass is 435 g/mol. The Bertz CT molecular complexity index is 726. The first-order valence-corrected chi connectivity index (χ1v) is 15.8. The van der Waals surface area contributed by atoms with Crippen LogP contribution in [0, 0.1) is 0 Å². The summed E-state index contributed by atoms with van der Waals surface area (Å²) >= 11 is -3.23. The fourth-order valence-electron chi connectivity index (χ4n) is 3.33. The van der Waals surface area contributed by atoms with Crippen LogP contribution in [0.5, 0.6) is 0 Å². The molecule has 0 aliphatic rings. The molecule has 0 bridgehead atoms. The number of hydrogen-bond acceptors (Lipinski definition) is 2. The van der Waals surface area contributed by atoms with Gasteiger partial charge in [-0.15, -0.1) is 0 Å². The van der Waals surface area contributed by atoms with Crippen molar-refractivity contribution in [3.63, 3.8) is 0 Å². The van der Waals surface area contributed by atoms with Crippen LogP contribution in [-0.4, -0.2) is 24.7 Å². The van der Waals surface area contributed by atoms with Gasteiger partial charge in [-0.3, -0.25) is 0 Å². The molecule has 0 saturated carbocycles. The molecule has 124 valence electrons. The van der Waals surface area contributed by atoms with E-state index in [-0.39, 0.29) is 0 Å². The van der Waals surface area contributed by atoms with Crippen molar-refractivity contribution in [2.45, 2.75) is 13.3 Å². The van der Waals surface area contributed by atoms with Crippen LogP contribution < -0.4 is 0 Å². The van der Waals surface area contributed by atoms with E-state index in [2.05, 4.69) is 76.0 Å². The Kier molecular flexibility index (Phi) is 6.21. The topological polar surface area (TPSA) is 29.4 Å². The molecule has 0 saturated heterocycles. The van der Waals surface area contributed by atoms with Gasteiger partial charge in [-0.25, -0.2) is 0 Å². The molecule has 3 aromatic carbocycles. The molecule has 0 aliphatic carbocycles. The van der Waals surface area contributed by atoms with Gasteiger partial charge in [0.2, 0.25) is 0 Å². The van der Waals surface area contributed by atoms with Crippen molar-refractivity contribution < 1.29 is 4.79 Å². The van der Waals surface area contributed by atoms with Crippen molar-refractivity contribution in [2.75, 3.05) is 0 Å². The number of benzene rings is 3. The molecular weight excluding hydrogens is 413 g/mol. The molecule has 0 amide bonds. The fourth-order valence-corrected chi connectivity index (χ4v) is 14.2. The molecule has 3 aromatic rings. The molecule has 0 fully saturated rings. The molecule has 0 aromatic heterocycles. The van der Waals surface area contributed by atoms with E-state index in [0.717, 1.165) is 13.3 Å². The third-order valence-electron chi connectivity index (χ3n) is 4.41. The molecule has 3 heteroatoms. The van der Waals surface area contributed by atoms with Crippen molar-refractivity contribution >= 4 is 24.7 Å². The second kappa shape index (κ2) is 8.79. The number of carbonyl (C=O) groups excluding carboxylic acids is 1. The first-order valence-electron chi connectivity index (χ1n) is 8.50. The first kappa shape index (κ1) is 17.7. The third-order valence-corrected chi connectivity index (χ3v) is 15.2. The van der Waals surface area contributed by atoms with Crippen LogP contribution in [0.3, 0.4) is 0 Å². The maximum absolute atomic E-state index is 11.4. The molecule has 0 N–H and O–H groups in total. The Morgan fingerprint density at radius 2 is 0.920 bits per heavy atom. The van der Waals surface area contributed by atoms with Crippen LogP contribution in [0.4, 0.5) is 0 Å². The van der Waals surface area contributed by atoms with E-state index in [1.54, 1.807) is 0 Å². The Morgan fingerprint density at radius 3 is 1.20 bits per heavy atom. The van der Waals surface area contributed by atoms with Crippen LogP contribution in [0.15, 0.2) is 94.2 Å². The predicted molar refractivity (Wildman–Crippen MR) is 104 cm³/mol. The Hall–Kier alpha value is -2.16. The minimum atomic E-state index is -3.23. The van der Waals surface area contributed by atoms with Gasteiger partial charge in [0, 0.05) is 0 Å². The summed E-state index contributed by atoms with van der Waals surface area (Å²) in [7, 11) is 0. The van der Waals surface area contributed by atoms with E-state index in [9.17, 15) is 4.79 Å². The molecule has 0 unspecified atom stereocenters. The van der Waals surface area contributed by atoms with Gasteiger partial charge in [0.25, 0.3) is 0 Å². The van der Waals surface area contributed by atoms with Crippen molar-refractivity contribution in [3.8, 4) is 0 Å². The van der Waals surface area contributed by atoms with E-state index >= 15 is 0 Å². The molecule has 25 heavy (non-hydrogen) atoms. The first-order chi connectivity index (χ1) is 12.3. The second-order valence-corrected chi connectivity index (χ2v) is 17.1. The summed E-state index contributed by atoms with van der Waals surface area (Å²) in [5.74, 6) is 0. The van der Waals surface area contributed by atoms with Gasteiger partial charge in [0.1, 0.15) is 0 Å². The van der Waals surface area contributed by atoms with Gasteiger partial charge >= 0.3 is 154 Å². The number of isocyanates is 1. The summed E-state index contributed by atoms with van der Waals surface area (Å²) in [6, 6.07) is 31.3. The van der Waals surface area contributed by atoms with Crippen LogP contribution in [0.2, 0.25) is 0 Å². The van der Waals surface area contributed by atoms with E-state index in [0.29, 0.717) is 0 Å². The van der Waals surface area contributed by atoms with Crippen molar-refractivity contribution in [2.24, 2.45) is 3.21 Å². The zero-order valence-electron chi connectivity index (χ0n) is 14.1. The Labute approximate surface area is 153 Å². The Balaban J connectivity index is 1.98. The summed E-state index contributed by atoms with van der Waals surface area (Å²) < 4.78 is 7.28. The molecule has 3 rings (SSSR count). The standard InChI is InChI=1S/3C7H7.CNO.Sn/c3*1-7-5-3-2-4-6-7;2-1-3;/h3*2-6H,1H2;;/q;;;-1;+1. The van der Waals surface area contributed by atoms with E-state index < -0.39 is 18.7 Å². The van der Waals surface area contributed by atoms with Crippen LogP contribution >= 0.6 is 0 Å². The van der Waals surface area contributed by atoms with E-state index in [4.69, 9.17) is 0 Å². The fraction of sp³-hybridized carbons (Fsp3) is 0.136. The average molecular weight is 434 g/mol. The SMILES string of the molecule is O=C=[N][Sn]([CH2]c1ccccc1)([CH2]c1ccccc1)[CH2]c1ccccc1. The minimum absolute atomic E-state index is 0.911. The number of nitrogens with zero attached hydrogens (tertiary/aromatic N) is 1. The zero-order valence-corrected chi connectivity index (χ0v) is 17.0. The maximum atomic E-state index is 11.4. The molecule has 2 nitrogen and oxygen atoms in total. The summed E-state index contributed by atoms with van der Waals surface area (Å²) in [6.07, 6.45) is 1.94. The van der Waals surface area contributed by atoms with Crippen LogP contribution in [0.25, 0.3) is 0 Å². The second-order valence-electron chi connectivity index (χ2n) is 6.41. The van der Waals surface area contributed by atoms with Gasteiger partial charge in [0.15, 0.2) is 0 Å². The summed E-state index contributed by atoms with van der Waals surface area (Å²) in [5.41, 5.74) is 3.80. The van der Waals surface area contributed by atoms with Crippen LogP contribution in [-0.2, 0) is 18.1 Å². The molecular formula is C22H21NOSn. The van der Waals surface area contributed by atoms with Gasteiger partial charge in [0.05, 0.1) is 0 Å². The van der Waals surface area contributed by atoms with Crippen molar-refractivity contribution in [1.29, 1.82) is 0 Å². The molecule has 0 aliphatic heterocycles. The van der Waals surface area contributed by atoms with Gasteiger partial charge in [-0.2, -0.15) is 0 Å². The quantitative estimate of drug-likeness (QED) is 0.304. The van der Waals surface area contributed by atoms with E-state index in [1.165, 1.54) is 16.7 Å². The number of rotatable bonds is 7. The molecule has 0 radical (unpaired) electrons. The molecule has 0 heterocycles. The molecule has 0 atom stereocenters. The van der Waals surface area contributed by atoms with E-state index in [1.807, 2.05) is 24.3 Å². The van der Waals surface area contributed by atoms with Crippen LogP contribution in [0.1, 0.15) is 16.7 Å².